The molecule has 0 aromatic heterocycles. The fraction of sp³-hybridized carbons (Fsp3) is 0.429. The second-order valence-electron chi connectivity index (χ2n) is 4.45. The van der Waals surface area contributed by atoms with Gasteiger partial charge in [-0.05, 0) is 24.3 Å². The zero-order valence-electron chi connectivity index (χ0n) is 11.0. The van der Waals surface area contributed by atoms with Gasteiger partial charge in [-0.15, -0.1) is 0 Å². The lowest BCUT2D eigenvalue weighted by Gasteiger charge is -2.32. The predicted octanol–water partition coefficient (Wildman–Crippen LogP) is 1.44. The van der Waals surface area contributed by atoms with Crippen molar-refractivity contribution in [3.8, 4) is 11.8 Å². The molecule has 1 unspecified atom stereocenters. The van der Waals surface area contributed by atoms with Gasteiger partial charge in [-0.25, -0.2) is 0 Å². The summed E-state index contributed by atoms with van der Waals surface area (Å²) in [5, 5.41) is 17.9. The third kappa shape index (κ3) is 3.89. The number of hydrogen-bond donors (Lipinski definition) is 1. The Morgan fingerprint density at radius 3 is 2.90 bits per heavy atom. The van der Waals surface area contributed by atoms with Crippen LogP contribution in [0.4, 0.5) is 0 Å². The number of rotatable bonds is 5. The topological polar surface area (TPSA) is 73.6 Å². The Kier molecular flexibility index (Phi) is 5.27. The van der Waals surface area contributed by atoms with E-state index >= 15 is 0 Å². The van der Waals surface area contributed by atoms with Crippen LogP contribution in [0, 0.1) is 11.3 Å². The standard InChI is InChI=1S/C14H16N2O3S/c15-9-11-1-3-12(4-2-11)19-7-5-16-6-8-20-10-13(16)14(17)18/h1-4,13H,5-8,10H2,(H,17,18). The largest absolute Gasteiger partial charge is 0.492 e. The summed E-state index contributed by atoms with van der Waals surface area (Å²) in [7, 11) is 0. The van der Waals surface area contributed by atoms with E-state index in [9.17, 15) is 4.79 Å². The molecule has 0 saturated carbocycles. The summed E-state index contributed by atoms with van der Waals surface area (Å²) in [5.74, 6) is 1.52. The predicted molar refractivity (Wildman–Crippen MR) is 77.0 cm³/mol. The van der Waals surface area contributed by atoms with Crippen molar-refractivity contribution < 1.29 is 14.6 Å². The minimum absolute atomic E-state index is 0.418. The van der Waals surface area contributed by atoms with Gasteiger partial charge < -0.3 is 9.84 Å². The van der Waals surface area contributed by atoms with Gasteiger partial charge in [0.05, 0.1) is 11.6 Å². The molecule has 0 spiro atoms. The molecule has 20 heavy (non-hydrogen) atoms. The third-order valence-electron chi connectivity index (χ3n) is 3.16. The quantitative estimate of drug-likeness (QED) is 0.885. The maximum absolute atomic E-state index is 11.1. The number of ether oxygens (including phenoxy) is 1. The molecule has 1 aliphatic heterocycles. The number of aliphatic carboxylic acids is 1. The van der Waals surface area contributed by atoms with Gasteiger partial charge in [0.25, 0.3) is 0 Å². The summed E-state index contributed by atoms with van der Waals surface area (Å²) >= 11 is 1.68. The molecule has 1 heterocycles. The first-order valence-electron chi connectivity index (χ1n) is 6.38. The second-order valence-corrected chi connectivity index (χ2v) is 5.60. The second kappa shape index (κ2) is 7.17. The summed E-state index contributed by atoms with van der Waals surface area (Å²) < 4.78 is 5.59. The first-order valence-corrected chi connectivity index (χ1v) is 7.54. The van der Waals surface area contributed by atoms with Crippen molar-refractivity contribution in [2.24, 2.45) is 0 Å². The van der Waals surface area contributed by atoms with Crippen molar-refractivity contribution in [2.75, 3.05) is 31.2 Å². The Balaban J connectivity index is 1.82. The molecule has 5 nitrogen and oxygen atoms in total. The van der Waals surface area contributed by atoms with E-state index < -0.39 is 12.0 Å². The zero-order chi connectivity index (χ0) is 14.4. The highest BCUT2D eigenvalue weighted by atomic mass is 32.2. The Morgan fingerprint density at radius 1 is 1.50 bits per heavy atom. The van der Waals surface area contributed by atoms with Crippen molar-refractivity contribution in [1.29, 1.82) is 5.26 Å². The van der Waals surface area contributed by atoms with Gasteiger partial charge in [0.2, 0.25) is 0 Å². The monoisotopic (exact) mass is 292 g/mol. The highest BCUT2D eigenvalue weighted by Gasteiger charge is 2.28. The van der Waals surface area contributed by atoms with E-state index in [1.165, 1.54) is 0 Å². The molecule has 0 radical (unpaired) electrons. The SMILES string of the molecule is N#Cc1ccc(OCCN2CCSCC2C(=O)O)cc1. The van der Waals surface area contributed by atoms with Crippen LogP contribution in [0.1, 0.15) is 5.56 Å². The fourth-order valence-corrected chi connectivity index (χ4v) is 3.15. The maximum atomic E-state index is 11.1. The van der Waals surface area contributed by atoms with Gasteiger partial charge in [-0.1, -0.05) is 0 Å². The van der Waals surface area contributed by atoms with Crippen LogP contribution in [0.2, 0.25) is 0 Å². The highest BCUT2D eigenvalue weighted by Crippen LogP contribution is 2.17. The smallest absolute Gasteiger partial charge is 0.321 e. The van der Waals surface area contributed by atoms with Crippen LogP contribution in [0.25, 0.3) is 0 Å². The van der Waals surface area contributed by atoms with Crippen LogP contribution in [0.3, 0.4) is 0 Å². The molecule has 6 heteroatoms. The van der Waals surface area contributed by atoms with E-state index in [-0.39, 0.29) is 0 Å². The van der Waals surface area contributed by atoms with Crippen LogP contribution < -0.4 is 4.74 Å². The number of nitriles is 1. The lowest BCUT2D eigenvalue weighted by molar-refractivity contribution is -0.142. The molecular weight excluding hydrogens is 276 g/mol. The van der Waals surface area contributed by atoms with Gasteiger partial charge in [0.15, 0.2) is 0 Å². The molecule has 2 rings (SSSR count). The Labute approximate surface area is 122 Å². The van der Waals surface area contributed by atoms with E-state index in [0.717, 1.165) is 12.3 Å². The summed E-state index contributed by atoms with van der Waals surface area (Å²) in [4.78, 5) is 13.1. The first kappa shape index (κ1) is 14.7. The van der Waals surface area contributed by atoms with Crippen molar-refractivity contribution in [1.82, 2.24) is 4.90 Å². The number of thioether (sulfide) groups is 1. The Morgan fingerprint density at radius 2 is 2.25 bits per heavy atom. The van der Waals surface area contributed by atoms with Crippen LogP contribution in [-0.2, 0) is 4.79 Å². The van der Waals surface area contributed by atoms with Gasteiger partial charge in [-0.3, -0.25) is 9.69 Å². The van der Waals surface area contributed by atoms with Gasteiger partial charge in [0.1, 0.15) is 18.4 Å². The molecule has 1 aromatic carbocycles. The minimum atomic E-state index is -0.768. The number of carboxylic acid groups (broad SMARTS) is 1. The zero-order valence-corrected chi connectivity index (χ0v) is 11.8. The fourth-order valence-electron chi connectivity index (χ4n) is 2.04. The number of carboxylic acids is 1. The average Bonchev–Trinajstić information content (AvgIpc) is 2.48. The normalized spacial score (nSPS) is 19.2. The average molecular weight is 292 g/mol. The van der Waals surface area contributed by atoms with Crippen LogP contribution in [0.15, 0.2) is 24.3 Å². The first-order chi connectivity index (χ1) is 9.70. The maximum Gasteiger partial charge on any atom is 0.321 e. The lowest BCUT2D eigenvalue weighted by Crippen LogP contribution is -2.48. The van der Waals surface area contributed by atoms with E-state index in [1.54, 1.807) is 36.0 Å². The number of benzene rings is 1. The van der Waals surface area contributed by atoms with Gasteiger partial charge in [0, 0.05) is 24.6 Å². The summed E-state index contributed by atoms with van der Waals surface area (Å²) in [6.07, 6.45) is 0. The molecular formula is C14H16N2O3S. The van der Waals surface area contributed by atoms with Crippen molar-refractivity contribution >= 4 is 17.7 Å². The van der Waals surface area contributed by atoms with Crippen molar-refractivity contribution in [3.63, 3.8) is 0 Å². The van der Waals surface area contributed by atoms with Crippen LogP contribution in [0.5, 0.6) is 5.75 Å². The van der Waals surface area contributed by atoms with E-state index in [4.69, 9.17) is 15.1 Å². The van der Waals surface area contributed by atoms with Gasteiger partial charge in [-0.2, -0.15) is 17.0 Å². The number of nitrogens with zero attached hydrogens (tertiary/aromatic N) is 2. The van der Waals surface area contributed by atoms with Gasteiger partial charge >= 0.3 is 5.97 Å². The molecule has 1 aromatic rings. The highest BCUT2D eigenvalue weighted by molar-refractivity contribution is 7.99. The van der Waals surface area contributed by atoms with Crippen LogP contribution in [-0.4, -0.2) is 53.2 Å². The van der Waals surface area contributed by atoms with Crippen LogP contribution >= 0.6 is 11.8 Å². The molecule has 106 valence electrons. The summed E-state index contributed by atoms with van der Waals surface area (Å²) in [6, 6.07) is 8.53. The molecule has 0 amide bonds. The third-order valence-corrected chi connectivity index (χ3v) is 4.18. The Bertz CT molecular complexity index is 498. The number of carbonyl (C=O) groups is 1. The van der Waals surface area contributed by atoms with E-state index in [0.29, 0.717) is 30.2 Å². The molecule has 1 fully saturated rings. The van der Waals surface area contributed by atoms with Crippen molar-refractivity contribution in [2.45, 2.75) is 6.04 Å². The lowest BCUT2D eigenvalue weighted by atomic mass is 10.2. The molecule has 1 saturated heterocycles. The van der Waals surface area contributed by atoms with Crippen molar-refractivity contribution in [3.05, 3.63) is 29.8 Å². The Hall–Kier alpha value is -1.71. The molecule has 1 N–H and O–H groups in total. The summed E-state index contributed by atoms with van der Waals surface area (Å²) in [6.45, 7) is 1.82. The number of hydrogen-bond acceptors (Lipinski definition) is 5. The summed E-state index contributed by atoms with van der Waals surface area (Å²) in [5.41, 5.74) is 0.594. The molecule has 0 bridgehead atoms. The minimum Gasteiger partial charge on any atom is -0.492 e. The molecule has 1 aliphatic rings. The van der Waals surface area contributed by atoms with E-state index in [2.05, 4.69) is 0 Å². The molecule has 1 atom stereocenters. The molecule has 0 aliphatic carbocycles. The van der Waals surface area contributed by atoms with E-state index in [1.807, 2.05) is 11.0 Å².